The van der Waals surface area contributed by atoms with Gasteiger partial charge in [-0.1, -0.05) is 0 Å². The van der Waals surface area contributed by atoms with Gasteiger partial charge in [0.15, 0.2) is 0 Å². The lowest BCUT2D eigenvalue weighted by molar-refractivity contribution is 0.0604. The van der Waals surface area contributed by atoms with Gasteiger partial charge in [-0.3, -0.25) is 4.90 Å². The van der Waals surface area contributed by atoms with Crippen LogP contribution >= 0.6 is 0 Å². The standard InChI is InChI=1S/C18H31N5O2/c1-14-19-17-5-9-22(12-15(25)13-24)8-4-16(17)18(20-14)23-7-3-6-21(2)10-11-23/h15,24-25H,3-13H2,1-2H3/t15-/m1/s1. The Morgan fingerprint density at radius 3 is 2.64 bits per heavy atom. The summed E-state index contributed by atoms with van der Waals surface area (Å²) >= 11 is 0. The lowest BCUT2D eigenvalue weighted by atomic mass is 10.1. The van der Waals surface area contributed by atoms with E-state index in [2.05, 4.69) is 21.7 Å². The van der Waals surface area contributed by atoms with Gasteiger partial charge in [0.25, 0.3) is 0 Å². The molecule has 140 valence electrons. The van der Waals surface area contributed by atoms with E-state index in [1.54, 1.807) is 0 Å². The maximum atomic E-state index is 9.75. The van der Waals surface area contributed by atoms with Crippen molar-refractivity contribution in [1.29, 1.82) is 0 Å². The molecule has 2 aliphatic rings. The number of hydrogen-bond acceptors (Lipinski definition) is 7. The van der Waals surface area contributed by atoms with Gasteiger partial charge in [0.05, 0.1) is 18.4 Å². The fourth-order valence-corrected chi connectivity index (χ4v) is 3.80. The molecule has 0 amide bonds. The Morgan fingerprint density at radius 1 is 1.04 bits per heavy atom. The van der Waals surface area contributed by atoms with Crippen LogP contribution in [0.25, 0.3) is 0 Å². The predicted octanol–water partition coefficient (Wildman–Crippen LogP) is -0.319. The number of anilines is 1. The molecule has 2 aliphatic heterocycles. The second-order valence-electron chi connectivity index (χ2n) is 7.30. The van der Waals surface area contributed by atoms with Crippen molar-refractivity contribution in [3.63, 3.8) is 0 Å². The predicted molar refractivity (Wildman–Crippen MR) is 98.0 cm³/mol. The van der Waals surface area contributed by atoms with E-state index in [9.17, 15) is 5.11 Å². The number of aliphatic hydroxyl groups is 2. The lowest BCUT2D eigenvalue weighted by Crippen LogP contribution is -2.36. The normalized spacial score (nSPS) is 21.5. The van der Waals surface area contributed by atoms with Crippen LogP contribution in [0.1, 0.15) is 23.5 Å². The zero-order valence-corrected chi connectivity index (χ0v) is 15.5. The molecule has 0 unspecified atom stereocenters. The highest BCUT2D eigenvalue weighted by atomic mass is 16.3. The van der Waals surface area contributed by atoms with E-state index in [4.69, 9.17) is 15.1 Å². The minimum atomic E-state index is -0.672. The molecule has 1 aromatic rings. The average molecular weight is 349 g/mol. The van der Waals surface area contributed by atoms with E-state index >= 15 is 0 Å². The summed E-state index contributed by atoms with van der Waals surface area (Å²) in [6.07, 6.45) is 2.26. The van der Waals surface area contributed by atoms with Crippen LogP contribution < -0.4 is 4.90 Å². The van der Waals surface area contributed by atoms with E-state index in [-0.39, 0.29) is 6.61 Å². The van der Waals surface area contributed by atoms with Crippen LogP contribution in [-0.4, -0.2) is 95.6 Å². The number of fused-ring (bicyclic) bond motifs is 1. The zero-order valence-electron chi connectivity index (χ0n) is 15.5. The summed E-state index contributed by atoms with van der Waals surface area (Å²) < 4.78 is 0. The third-order valence-corrected chi connectivity index (χ3v) is 5.22. The largest absolute Gasteiger partial charge is 0.394 e. The number of rotatable bonds is 4. The Bertz CT molecular complexity index is 583. The maximum Gasteiger partial charge on any atom is 0.135 e. The highest BCUT2D eigenvalue weighted by Gasteiger charge is 2.24. The van der Waals surface area contributed by atoms with Gasteiger partial charge in [-0.2, -0.15) is 0 Å². The quantitative estimate of drug-likeness (QED) is 0.772. The minimum Gasteiger partial charge on any atom is -0.394 e. The van der Waals surface area contributed by atoms with E-state index < -0.39 is 6.10 Å². The molecule has 1 atom stereocenters. The van der Waals surface area contributed by atoms with Crippen molar-refractivity contribution in [1.82, 2.24) is 19.8 Å². The van der Waals surface area contributed by atoms with E-state index in [0.717, 1.165) is 75.9 Å². The first kappa shape index (κ1) is 18.5. The number of hydrogen-bond donors (Lipinski definition) is 2. The third kappa shape index (κ3) is 4.67. The highest BCUT2D eigenvalue weighted by Crippen LogP contribution is 2.25. The number of β-amino-alcohol motifs (C(OH)–C–C–N with tert-alkyl or cyclic N) is 1. The molecule has 1 aromatic heterocycles. The lowest BCUT2D eigenvalue weighted by Gasteiger charge is -2.25. The molecule has 25 heavy (non-hydrogen) atoms. The van der Waals surface area contributed by atoms with Crippen molar-refractivity contribution >= 4 is 5.82 Å². The summed E-state index contributed by atoms with van der Waals surface area (Å²) in [7, 11) is 2.18. The van der Waals surface area contributed by atoms with Gasteiger partial charge in [0.1, 0.15) is 11.6 Å². The van der Waals surface area contributed by atoms with Crippen LogP contribution in [0, 0.1) is 6.92 Å². The molecule has 7 nitrogen and oxygen atoms in total. The molecular weight excluding hydrogens is 318 g/mol. The molecular formula is C18H31N5O2. The van der Waals surface area contributed by atoms with Crippen molar-refractivity contribution in [3.8, 4) is 0 Å². The molecule has 0 aromatic carbocycles. The van der Waals surface area contributed by atoms with Crippen LogP contribution in [-0.2, 0) is 12.8 Å². The second kappa shape index (κ2) is 8.40. The summed E-state index contributed by atoms with van der Waals surface area (Å²) in [5, 5.41) is 18.8. The number of aryl methyl sites for hydroxylation is 1. The first-order valence-corrected chi connectivity index (χ1v) is 9.38. The van der Waals surface area contributed by atoms with Crippen LogP contribution in [0.2, 0.25) is 0 Å². The molecule has 0 saturated carbocycles. The summed E-state index contributed by atoms with van der Waals surface area (Å²) in [4.78, 5) is 16.5. The minimum absolute atomic E-state index is 0.186. The molecule has 2 N–H and O–H groups in total. The zero-order chi connectivity index (χ0) is 17.8. The van der Waals surface area contributed by atoms with Gasteiger partial charge < -0.3 is 20.0 Å². The Labute approximate surface area is 150 Å². The van der Waals surface area contributed by atoms with Crippen molar-refractivity contribution in [3.05, 3.63) is 17.1 Å². The molecule has 1 fully saturated rings. The molecule has 1 saturated heterocycles. The van der Waals surface area contributed by atoms with Gasteiger partial charge in [-0.25, -0.2) is 9.97 Å². The van der Waals surface area contributed by atoms with Gasteiger partial charge in [0.2, 0.25) is 0 Å². The molecule has 0 aliphatic carbocycles. The number of aliphatic hydroxyl groups excluding tert-OH is 2. The number of likely N-dealkylation sites (N-methyl/N-ethyl adjacent to an activating group) is 1. The molecule has 7 heteroatoms. The highest BCUT2D eigenvalue weighted by molar-refractivity contribution is 5.50. The Morgan fingerprint density at radius 2 is 1.84 bits per heavy atom. The Hall–Kier alpha value is -1.28. The van der Waals surface area contributed by atoms with Crippen molar-refractivity contribution in [2.24, 2.45) is 0 Å². The summed E-state index contributed by atoms with van der Waals surface area (Å²) in [5.74, 6) is 1.96. The fourth-order valence-electron chi connectivity index (χ4n) is 3.80. The van der Waals surface area contributed by atoms with E-state index in [1.807, 2.05) is 6.92 Å². The summed E-state index contributed by atoms with van der Waals surface area (Å²) in [6.45, 7) is 8.29. The van der Waals surface area contributed by atoms with Crippen LogP contribution in [0.5, 0.6) is 0 Å². The monoisotopic (exact) mass is 349 g/mol. The molecule has 0 bridgehead atoms. The molecule has 0 spiro atoms. The topological polar surface area (TPSA) is 76.0 Å². The summed E-state index contributed by atoms with van der Waals surface area (Å²) in [6, 6.07) is 0. The van der Waals surface area contributed by atoms with Crippen LogP contribution in [0.4, 0.5) is 5.82 Å². The molecule has 0 radical (unpaired) electrons. The van der Waals surface area contributed by atoms with E-state index in [1.165, 1.54) is 5.56 Å². The van der Waals surface area contributed by atoms with Crippen LogP contribution in [0.15, 0.2) is 0 Å². The smallest absolute Gasteiger partial charge is 0.135 e. The summed E-state index contributed by atoms with van der Waals surface area (Å²) in [5.41, 5.74) is 2.43. The SMILES string of the molecule is Cc1nc2c(c(N3CCCN(C)CC3)n1)CCN(C[C@@H](O)CO)CC2. The van der Waals surface area contributed by atoms with Gasteiger partial charge in [-0.05, 0) is 33.4 Å². The average Bonchev–Trinajstić information content (AvgIpc) is 2.93. The maximum absolute atomic E-state index is 9.75. The van der Waals surface area contributed by atoms with Crippen molar-refractivity contribution in [2.75, 3.05) is 64.4 Å². The number of nitrogens with zero attached hydrogens (tertiary/aromatic N) is 5. The van der Waals surface area contributed by atoms with Gasteiger partial charge in [0, 0.05) is 51.3 Å². The molecule has 3 rings (SSSR count). The Balaban J connectivity index is 1.80. The van der Waals surface area contributed by atoms with Crippen molar-refractivity contribution < 1.29 is 10.2 Å². The van der Waals surface area contributed by atoms with E-state index in [0.29, 0.717) is 6.54 Å². The first-order valence-electron chi connectivity index (χ1n) is 9.38. The first-order chi connectivity index (χ1) is 12.1. The second-order valence-corrected chi connectivity index (χ2v) is 7.30. The van der Waals surface area contributed by atoms with Gasteiger partial charge in [-0.15, -0.1) is 0 Å². The molecule has 3 heterocycles. The van der Waals surface area contributed by atoms with Crippen molar-refractivity contribution in [2.45, 2.75) is 32.3 Å². The third-order valence-electron chi connectivity index (χ3n) is 5.22. The Kier molecular flexibility index (Phi) is 6.22. The fraction of sp³-hybridized carbons (Fsp3) is 0.778. The van der Waals surface area contributed by atoms with Crippen LogP contribution in [0.3, 0.4) is 0 Å². The van der Waals surface area contributed by atoms with Gasteiger partial charge >= 0.3 is 0 Å². The number of aromatic nitrogens is 2.